The van der Waals surface area contributed by atoms with Crippen molar-refractivity contribution in [3.05, 3.63) is 0 Å². The van der Waals surface area contributed by atoms with E-state index in [9.17, 15) is 17.8 Å². The highest BCUT2D eigenvalue weighted by Crippen LogP contribution is 2.12. The zero-order valence-electron chi connectivity index (χ0n) is 13.9. The van der Waals surface area contributed by atoms with Gasteiger partial charge in [-0.05, 0) is 12.8 Å². The molecule has 0 aromatic rings. The lowest BCUT2D eigenvalue weighted by Crippen LogP contribution is -2.43. The SMILES string of the molecule is CC(C)(C)C(=O)NCCC[N+](C)(C)CCCCS(=O)(=O)[O-]. The lowest BCUT2D eigenvalue weighted by Gasteiger charge is -2.30. The van der Waals surface area contributed by atoms with Crippen LogP contribution >= 0.6 is 0 Å². The summed E-state index contributed by atoms with van der Waals surface area (Å²) in [6.07, 6.45) is 1.99. The first-order chi connectivity index (χ1) is 9.33. The van der Waals surface area contributed by atoms with Crippen LogP contribution in [0.3, 0.4) is 0 Å². The van der Waals surface area contributed by atoms with Crippen LogP contribution in [0.25, 0.3) is 0 Å². The molecule has 0 atom stereocenters. The molecule has 0 aromatic carbocycles. The summed E-state index contributed by atoms with van der Waals surface area (Å²) in [7, 11) is 0.0427. The summed E-state index contributed by atoms with van der Waals surface area (Å²) >= 11 is 0. The van der Waals surface area contributed by atoms with E-state index in [1.165, 1.54) is 0 Å². The van der Waals surface area contributed by atoms with Crippen molar-refractivity contribution in [1.29, 1.82) is 0 Å². The summed E-state index contributed by atoms with van der Waals surface area (Å²) < 4.78 is 32.3. The van der Waals surface area contributed by atoms with Gasteiger partial charge in [0.15, 0.2) is 0 Å². The van der Waals surface area contributed by atoms with E-state index < -0.39 is 10.1 Å². The van der Waals surface area contributed by atoms with Crippen LogP contribution < -0.4 is 5.32 Å². The molecule has 0 saturated carbocycles. The monoisotopic (exact) mass is 322 g/mol. The number of nitrogens with one attached hydrogen (secondary N) is 1. The molecule has 0 heterocycles. The standard InChI is InChI=1S/C14H30N2O4S/c1-14(2,3)13(17)15-9-8-11-16(4,5)10-6-7-12-21(18,19)20/h6-12H2,1-5H3,(H-,15,17,18,19,20). The van der Waals surface area contributed by atoms with Crippen LogP contribution in [0.2, 0.25) is 0 Å². The molecular weight excluding hydrogens is 292 g/mol. The average molecular weight is 322 g/mol. The predicted octanol–water partition coefficient (Wildman–Crippen LogP) is 0.941. The van der Waals surface area contributed by atoms with Crippen molar-refractivity contribution in [3.8, 4) is 0 Å². The summed E-state index contributed by atoms with van der Waals surface area (Å²) in [4.78, 5) is 11.7. The van der Waals surface area contributed by atoms with Crippen LogP contribution in [0.4, 0.5) is 0 Å². The molecule has 0 fully saturated rings. The zero-order chi connectivity index (χ0) is 16.7. The Morgan fingerprint density at radius 2 is 1.62 bits per heavy atom. The number of carbonyl (C=O) groups is 1. The van der Waals surface area contributed by atoms with Crippen molar-refractivity contribution < 1.29 is 22.2 Å². The maximum Gasteiger partial charge on any atom is 0.225 e. The number of hydrogen-bond donors (Lipinski definition) is 1. The van der Waals surface area contributed by atoms with Gasteiger partial charge >= 0.3 is 0 Å². The normalized spacial score (nSPS) is 13.2. The Hall–Kier alpha value is -0.660. The van der Waals surface area contributed by atoms with E-state index in [-0.39, 0.29) is 17.1 Å². The van der Waals surface area contributed by atoms with E-state index in [2.05, 4.69) is 19.4 Å². The number of rotatable bonds is 9. The van der Waals surface area contributed by atoms with E-state index in [1.54, 1.807) is 0 Å². The highest BCUT2D eigenvalue weighted by molar-refractivity contribution is 7.85. The largest absolute Gasteiger partial charge is 0.748 e. The van der Waals surface area contributed by atoms with Gasteiger partial charge in [0.1, 0.15) is 0 Å². The van der Waals surface area contributed by atoms with Gasteiger partial charge in [-0.1, -0.05) is 20.8 Å². The van der Waals surface area contributed by atoms with Crippen molar-refractivity contribution >= 4 is 16.0 Å². The van der Waals surface area contributed by atoms with Crippen LogP contribution in [0, 0.1) is 5.41 Å². The van der Waals surface area contributed by atoms with E-state index in [1.807, 2.05) is 20.8 Å². The van der Waals surface area contributed by atoms with Crippen LogP contribution in [-0.2, 0) is 14.9 Å². The fourth-order valence-electron chi connectivity index (χ4n) is 1.90. The second kappa shape index (κ2) is 8.10. The molecule has 1 amide bonds. The number of amides is 1. The molecule has 6 nitrogen and oxygen atoms in total. The average Bonchev–Trinajstić information content (AvgIpc) is 2.27. The molecular formula is C14H30N2O4S. The van der Waals surface area contributed by atoms with Crippen LogP contribution in [0.15, 0.2) is 0 Å². The Kier molecular flexibility index (Phi) is 7.84. The van der Waals surface area contributed by atoms with Gasteiger partial charge in [0, 0.05) is 24.1 Å². The summed E-state index contributed by atoms with van der Waals surface area (Å²) in [5.41, 5.74) is -0.367. The molecule has 0 spiro atoms. The topological polar surface area (TPSA) is 86.3 Å². The zero-order valence-corrected chi connectivity index (χ0v) is 14.8. The molecule has 0 saturated heterocycles. The second-order valence-electron chi connectivity index (χ2n) is 7.21. The minimum absolute atomic E-state index is 0.0495. The first-order valence-corrected chi connectivity index (χ1v) is 8.95. The lowest BCUT2D eigenvalue weighted by atomic mass is 9.96. The number of unbranched alkanes of at least 4 members (excludes halogenated alkanes) is 1. The molecule has 126 valence electrons. The van der Waals surface area contributed by atoms with Gasteiger partial charge in [-0.3, -0.25) is 4.79 Å². The highest BCUT2D eigenvalue weighted by Gasteiger charge is 2.21. The minimum atomic E-state index is -4.09. The summed E-state index contributed by atoms with van der Waals surface area (Å²) in [5.74, 6) is -0.234. The molecule has 21 heavy (non-hydrogen) atoms. The molecule has 0 rings (SSSR count). The fourth-order valence-corrected chi connectivity index (χ4v) is 2.46. The number of carbonyl (C=O) groups excluding carboxylic acids is 1. The molecule has 0 aliphatic rings. The summed E-state index contributed by atoms with van der Waals surface area (Å²) in [5, 5.41) is 2.91. The third-order valence-electron chi connectivity index (χ3n) is 3.31. The van der Waals surface area contributed by atoms with Crippen molar-refractivity contribution in [2.24, 2.45) is 5.41 Å². The van der Waals surface area contributed by atoms with Crippen molar-refractivity contribution in [1.82, 2.24) is 5.32 Å². The first kappa shape index (κ1) is 20.3. The summed E-state index contributed by atoms with van der Waals surface area (Å²) in [6, 6.07) is 0. The Labute approximate surface area is 129 Å². The Bertz CT molecular complexity index is 425. The summed E-state index contributed by atoms with van der Waals surface area (Å²) in [6.45, 7) is 8.01. The Balaban J connectivity index is 3.85. The Morgan fingerprint density at radius 3 is 2.10 bits per heavy atom. The third-order valence-corrected chi connectivity index (χ3v) is 4.10. The van der Waals surface area contributed by atoms with E-state index in [0.29, 0.717) is 19.4 Å². The fraction of sp³-hybridized carbons (Fsp3) is 0.929. The molecule has 0 aliphatic carbocycles. The third kappa shape index (κ3) is 11.7. The van der Waals surface area contributed by atoms with Gasteiger partial charge in [0.05, 0.1) is 37.3 Å². The van der Waals surface area contributed by atoms with Gasteiger partial charge < -0.3 is 14.4 Å². The molecule has 7 heteroatoms. The van der Waals surface area contributed by atoms with Gasteiger partial charge in [-0.15, -0.1) is 0 Å². The molecule has 0 bridgehead atoms. The molecule has 1 N–H and O–H groups in total. The van der Waals surface area contributed by atoms with Crippen LogP contribution in [0.5, 0.6) is 0 Å². The minimum Gasteiger partial charge on any atom is -0.748 e. The van der Waals surface area contributed by atoms with E-state index >= 15 is 0 Å². The lowest BCUT2D eigenvalue weighted by molar-refractivity contribution is -0.890. The quantitative estimate of drug-likeness (QED) is 0.389. The Morgan fingerprint density at radius 1 is 1.10 bits per heavy atom. The molecule has 0 unspecified atom stereocenters. The molecule has 0 radical (unpaired) electrons. The van der Waals surface area contributed by atoms with Crippen molar-refractivity contribution in [2.75, 3.05) is 39.5 Å². The maximum atomic E-state index is 11.7. The highest BCUT2D eigenvalue weighted by atomic mass is 32.2. The maximum absolute atomic E-state index is 11.7. The van der Waals surface area contributed by atoms with Crippen molar-refractivity contribution in [3.63, 3.8) is 0 Å². The van der Waals surface area contributed by atoms with Gasteiger partial charge in [-0.2, -0.15) is 0 Å². The van der Waals surface area contributed by atoms with E-state index in [4.69, 9.17) is 0 Å². The van der Waals surface area contributed by atoms with Gasteiger partial charge in [-0.25, -0.2) is 8.42 Å². The van der Waals surface area contributed by atoms with Gasteiger partial charge in [0.2, 0.25) is 5.91 Å². The van der Waals surface area contributed by atoms with Crippen molar-refractivity contribution in [2.45, 2.75) is 40.0 Å². The number of nitrogens with zero attached hydrogens (tertiary/aromatic N) is 1. The second-order valence-corrected chi connectivity index (χ2v) is 8.73. The number of quaternary nitrogens is 1. The molecule has 0 aliphatic heterocycles. The first-order valence-electron chi connectivity index (χ1n) is 7.37. The number of hydrogen-bond acceptors (Lipinski definition) is 4. The smallest absolute Gasteiger partial charge is 0.225 e. The van der Waals surface area contributed by atoms with E-state index in [0.717, 1.165) is 24.0 Å². The predicted molar refractivity (Wildman–Crippen MR) is 82.7 cm³/mol. The van der Waals surface area contributed by atoms with Gasteiger partial charge in [0.25, 0.3) is 0 Å². The van der Waals surface area contributed by atoms with Crippen LogP contribution in [0.1, 0.15) is 40.0 Å². The van der Waals surface area contributed by atoms with Crippen LogP contribution in [-0.4, -0.2) is 62.8 Å². The molecule has 0 aromatic heterocycles.